The highest BCUT2D eigenvalue weighted by Gasteiger charge is 2.30. The van der Waals surface area contributed by atoms with Crippen LogP contribution in [0.1, 0.15) is 39.0 Å². The molecule has 0 radical (unpaired) electrons. The van der Waals surface area contributed by atoms with Crippen LogP contribution in [-0.4, -0.2) is 43.1 Å². The highest BCUT2D eigenvalue weighted by molar-refractivity contribution is 5.74. The summed E-state index contributed by atoms with van der Waals surface area (Å²) in [7, 11) is 1.39. The summed E-state index contributed by atoms with van der Waals surface area (Å²) in [5.74, 6) is -0.190. The summed E-state index contributed by atoms with van der Waals surface area (Å²) in [6.45, 7) is 3.38. The van der Waals surface area contributed by atoms with E-state index in [-0.39, 0.29) is 12.0 Å². The van der Waals surface area contributed by atoms with Gasteiger partial charge in [0.05, 0.1) is 7.11 Å². The second kappa shape index (κ2) is 7.14. The van der Waals surface area contributed by atoms with Crippen LogP contribution in [0.2, 0.25) is 0 Å². The quantitative estimate of drug-likeness (QED) is 0.544. The van der Waals surface area contributed by atoms with E-state index < -0.39 is 0 Å². The molecule has 5 heteroatoms. The number of carbonyl (C=O) groups excluding carboxylic acids is 2. The summed E-state index contributed by atoms with van der Waals surface area (Å²) in [5, 5.41) is 2.88. The van der Waals surface area contributed by atoms with Gasteiger partial charge in [-0.15, -0.1) is 0 Å². The van der Waals surface area contributed by atoms with E-state index in [1.54, 1.807) is 0 Å². The molecule has 1 aliphatic carbocycles. The first kappa shape index (κ1) is 13.8. The number of carbonyl (C=O) groups is 2. The Kier molecular flexibility index (Phi) is 5.80. The minimum absolute atomic E-state index is 0.0214. The average molecular weight is 242 g/mol. The van der Waals surface area contributed by atoms with Gasteiger partial charge in [0.1, 0.15) is 0 Å². The monoisotopic (exact) mass is 242 g/mol. The highest BCUT2D eigenvalue weighted by atomic mass is 16.5. The van der Waals surface area contributed by atoms with Gasteiger partial charge < -0.3 is 15.0 Å². The van der Waals surface area contributed by atoms with Crippen LogP contribution in [0.3, 0.4) is 0 Å². The lowest BCUT2D eigenvalue weighted by atomic mass is 10.2. The number of hydrogen-bond donors (Lipinski definition) is 1. The molecule has 0 bridgehead atoms. The molecule has 17 heavy (non-hydrogen) atoms. The molecule has 1 rings (SSSR count). The van der Waals surface area contributed by atoms with Crippen molar-refractivity contribution in [1.29, 1.82) is 0 Å². The molecule has 0 unspecified atom stereocenters. The SMILES string of the molecule is CCN(C(=O)NCCCCC(=O)OC)C1CC1. The van der Waals surface area contributed by atoms with Crippen molar-refractivity contribution in [2.24, 2.45) is 0 Å². The maximum Gasteiger partial charge on any atom is 0.317 e. The van der Waals surface area contributed by atoms with Crippen LogP contribution in [0, 0.1) is 0 Å². The fourth-order valence-corrected chi connectivity index (χ4v) is 1.75. The minimum atomic E-state index is -0.190. The minimum Gasteiger partial charge on any atom is -0.469 e. The molecule has 98 valence electrons. The van der Waals surface area contributed by atoms with Crippen LogP contribution >= 0.6 is 0 Å². The Bertz CT molecular complexity index is 264. The fraction of sp³-hybridized carbons (Fsp3) is 0.833. The normalized spacial score (nSPS) is 14.2. The molecule has 0 atom stereocenters. The molecular weight excluding hydrogens is 220 g/mol. The van der Waals surface area contributed by atoms with Gasteiger partial charge in [-0.1, -0.05) is 0 Å². The molecule has 0 heterocycles. The molecule has 0 aromatic heterocycles. The molecule has 2 amide bonds. The van der Waals surface area contributed by atoms with E-state index in [0.29, 0.717) is 19.0 Å². The second-order valence-electron chi connectivity index (χ2n) is 4.28. The number of nitrogens with zero attached hydrogens (tertiary/aromatic N) is 1. The van der Waals surface area contributed by atoms with Crippen molar-refractivity contribution in [1.82, 2.24) is 10.2 Å². The van der Waals surface area contributed by atoms with Crippen LogP contribution < -0.4 is 5.32 Å². The summed E-state index contributed by atoms with van der Waals surface area (Å²) >= 11 is 0. The zero-order valence-corrected chi connectivity index (χ0v) is 10.7. The van der Waals surface area contributed by atoms with Crippen LogP contribution in [-0.2, 0) is 9.53 Å². The van der Waals surface area contributed by atoms with E-state index in [9.17, 15) is 9.59 Å². The Morgan fingerprint density at radius 3 is 2.59 bits per heavy atom. The number of rotatable bonds is 7. The molecule has 0 saturated heterocycles. The van der Waals surface area contributed by atoms with E-state index >= 15 is 0 Å². The van der Waals surface area contributed by atoms with Crippen molar-refractivity contribution in [2.45, 2.75) is 45.1 Å². The third kappa shape index (κ3) is 5.06. The molecule has 5 nitrogen and oxygen atoms in total. The third-order valence-corrected chi connectivity index (χ3v) is 2.90. The number of ether oxygens (including phenoxy) is 1. The van der Waals surface area contributed by atoms with Gasteiger partial charge in [-0.25, -0.2) is 4.79 Å². The van der Waals surface area contributed by atoms with E-state index in [2.05, 4.69) is 10.1 Å². The Labute approximate surface area is 102 Å². The topological polar surface area (TPSA) is 58.6 Å². The first-order valence-corrected chi connectivity index (χ1v) is 6.30. The van der Waals surface area contributed by atoms with Gasteiger partial charge >= 0.3 is 12.0 Å². The Hall–Kier alpha value is -1.26. The van der Waals surface area contributed by atoms with Crippen molar-refractivity contribution < 1.29 is 14.3 Å². The van der Waals surface area contributed by atoms with E-state index in [0.717, 1.165) is 32.2 Å². The van der Waals surface area contributed by atoms with Gasteiger partial charge in [0, 0.05) is 25.6 Å². The lowest BCUT2D eigenvalue weighted by Crippen LogP contribution is -2.41. The summed E-state index contributed by atoms with van der Waals surface area (Å²) in [6.07, 6.45) is 4.24. The van der Waals surface area contributed by atoms with Crippen molar-refractivity contribution in [3.8, 4) is 0 Å². The van der Waals surface area contributed by atoms with Gasteiger partial charge in [0.15, 0.2) is 0 Å². The Balaban J connectivity index is 2.05. The first-order valence-electron chi connectivity index (χ1n) is 6.30. The number of nitrogens with one attached hydrogen (secondary N) is 1. The molecule has 1 saturated carbocycles. The van der Waals surface area contributed by atoms with Crippen LogP contribution in [0.5, 0.6) is 0 Å². The zero-order valence-electron chi connectivity index (χ0n) is 10.7. The predicted molar refractivity (Wildman–Crippen MR) is 64.7 cm³/mol. The van der Waals surface area contributed by atoms with Crippen molar-refractivity contribution in [3.05, 3.63) is 0 Å². The van der Waals surface area contributed by atoms with Gasteiger partial charge in [-0.2, -0.15) is 0 Å². The molecular formula is C12H22N2O3. The molecule has 0 aromatic rings. The number of esters is 1. The molecule has 0 aromatic carbocycles. The lowest BCUT2D eigenvalue weighted by Gasteiger charge is -2.20. The van der Waals surface area contributed by atoms with Crippen molar-refractivity contribution in [2.75, 3.05) is 20.2 Å². The van der Waals surface area contributed by atoms with E-state index in [1.165, 1.54) is 7.11 Å². The summed E-state index contributed by atoms with van der Waals surface area (Å²) in [6, 6.07) is 0.475. The maximum atomic E-state index is 11.7. The lowest BCUT2D eigenvalue weighted by molar-refractivity contribution is -0.140. The number of unbranched alkanes of at least 4 members (excludes halogenated alkanes) is 1. The summed E-state index contributed by atoms with van der Waals surface area (Å²) in [5.41, 5.74) is 0. The standard InChI is InChI=1S/C12H22N2O3/c1-3-14(10-7-8-10)12(16)13-9-5-4-6-11(15)17-2/h10H,3-9H2,1-2H3,(H,13,16). The number of urea groups is 1. The van der Waals surface area contributed by atoms with E-state index in [4.69, 9.17) is 0 Å². The highest BCUT2D eigenvalue weighted by Crippen LogP contribution is 2.26. The van der Waals surface area contributed by atoms with Gasteiger partial charge in [0.2, 0.25) is 0 Å². The first-order chi connectivity index (χ1) is 8.19. The molecule has 1 N–H and O–H groups in total. The van der Waals surface area contributed by atoms with Gasteiger partial charge in [0.25, 0.3) is 0 Å². The molecule has 0 aliphatic heterocycles. The van der Waals surface area contributed by atoms with Crippen LogP contribution in [0.15, 0.2) is 0 Å². The number of hydrogen-bond acceptors (Lipinski definition) is 3. The predicted octanol–water partition coefficient (Wildman–Crippen LogP) is 1.52. The summed E-state index contributed by atoms with van der Waals surface area (Å²) in [4.78, 5) is 24.5. The van der Waals surface area contributed by atoms with Gasteiger partial charge in [-0.3, -0.25) is 4.79 Å². The largest absolute Gasteiger partial charge is 0.469 e. The maximum absolute atomic E-state index is 11.7. The number of methoxy groups -OCH3 is 1. The van der Waals surface area contributed by atoms with Gasteiger partial charge in [-0.05, 0) is 32.6 Å². The summed E-state index contributed by atoms with van der Waals surface area (Å²) < 4.78 is 4.54. The Morgan fingerprint density at radius 1 is 1.35 bits per heavy atom. The van der Waals surface area contributed by atoms with E-state index in [1.807, 2.05) is 11.8 Å². The second-order valence-corrected chi connectivity index (χ2v) is 4.28. The smallest absolute Gasteiger partial charge is 0.317 e. The number of amides is 2. The average Bonchev–Trinajstić information content (AvgIpc) is 3.13. The third-order valence-electron chi connectivity index (χ3n) is 2.90. The van der Waals surface area contributed by atoms with Crippen LogP contribution in [0.4, 0.5) is 4.79 Å². The molecule has 0 spiro atoms. The van der Waals surface area contributed by atoms with Crippen molar-refractivity contribution in [3.63, 3.8) is 0 Å². The van der Waals surface area contributed by atoms with Crippen LogP contribution in [0.25, 0.3) is 0 Å². The zero-order chi connectivity index (χ0) is 12.7. The fourth-order valence-electron chi connectivity index (χ4n) is 1.75. The van der Waals surface area contributed by atoms with Crippen molar-refractivity contribution >= 4 is 12.0 Å². The molecule has 1 fully saturated rings. The Morgan fingerprint density at radius 2 is 2.06 bits per heavy atom. The molecule has 1 aliphatic rings.